The number of hydrogen-bond donors (Lipinski definition) is 0. The summed E-state index contributed by atoms with van der Waals surface area (Å²) >= 11 is 0. The second-order valence-electron chi connectivity index (χ2n) is 8.66. The largest absolute Gasteiger partial charge is 0.496 e. The van der Waals surface area contributed by atoms with Crippen molar-refractivity contribution < 1.29 is 14.3 Å². The van der Waals surface area contributed by atoms with Crippen molar-refractivity contribution in [2.24, 2.45) is 17.3 Å². The van der Waals surface area contributed by atoms with E-state index in [-0.39, 0.29) is 17.5 Å². The van der Waals surface area contributed by atoms with Crippen LogP contribution in [-0.4, -0.2) is 19.2 Å². The summed E-state index contributed by atoms with van der Waals surface area (Å²) in [6.07, 6.45) is 7.16. The molecule has 0 saturated heterocycles. The van der Waals surface area contributed by atoms with Gasteiger partial charge in [-0.3, -0.25) is 4.79 Å². The maximum absolute atomic E-state index is 11.5. The molecular formula is C22H30O3. The Kier molecular flexibility index (Phi) is 4.09. The van der Waals surface area contributed by atoms with Crippen molar-refractivity contribution in [1.82, 2.24) is 0 Å². The minimum absolute atomic E-state index is 0.120. The Morgan fingerprint density at radius 3 is 2.72 bits per heavy atom. The molecule has 0 aromatic heterocycles. The molecule has 136 valence electrons. The topological polar surface area (TPSA) is 35.5 Å². The number of fused-ring (bicyclic) bond motifs is 5. The first-order chi connectivity index (χ1) is 11.9. The molecule has 0 heterocycles. The highest BCUT2D eigenvalue weighted by atomic mass is 16.5. The van der Waals surface area contributed by atoms with E-state index in [4.69, 9.17) is 9.47 Å². The molecule has 2 fully saturated rings. The van der Waals surface area contributed by atoms with Gasteiger partial charge in [0, 0.05) is 12.3 Å². The second-order valence-corrected chi connectivity index (χ2v) is 8.66. The number of ether oxygens (including phenoxy) is 2. The van der Waals surface area contributed by atoms with Gasteiger partial charge in [0.1, 0.15) is 11.9 Å². The van der Waals surface area contributed by atoms with Gasteiger partial charge in [0.15, 0.2) is 0 Å². The lowest BCUT2D eigenvalue weighted by atomic mass is 9.55. The second kappa shape index (κ2) is 6.03. The number of aryl methyl sites for hydroxylation is 2. The first-order valence-electron chi connectivity index (χ1n) is 9.78. The van der Waals surface area contributed by atoms with Crippen LogP contribution in [-0.2, 0) is 16.0 Å². The van der Waals surface area contributed by atoms with E-state index in [0.29, 0.717) is 11.8 Å². The highest BCUT2D eigenvalue weighted by molar-refractivity contribution is 5.66. The van der Waals surface area contributed by atoms with Gasteiger partial charge in [-0.15, -0.1) is 0 Å². The van der Waals surface area contributed by atoms with Crippen LogP contribution < -0.4 is 4.74 Å². The number of benzene rings is 1. The maximum Gasteiger partial charge on any atom is 0.302 e. The summed E-state index contributed by atoms with van der Waals surface area (Å²) < 4.78 is 11.3. The quantitative estimate of drug-likeness (QED) is 0.725. The van der Waals surface area contributed by atoms with Gasteiger partial charge in [0.05, 0.1) is 7.11 Å². The molecule has 1 aromatic carbocycles. The maximum atomic E-state index is 11.5. The molecule has 0 unspecified atom stereocenters. The summed E-state index contributed by atoms with van der Waals surface area (Å²) in [7, 11) is 1.76. The van der Waals surface area contributed by atoms with E-state index < -0.39 is 0 Å². The van der Waals surface area contributed by atoms with E-state index >= 15 is 0 Å². The molecule has 25 heavy (non-hydrogen) atoms. The van der Waals surface area contributed by atoms with Crippen molar-refractivity contribution >= 4 is 5.97 Å². The van der Waals surface area contributed by atoms with Crippen LogP contribution in [0.4, 0.5) is 0 Å². The van der Waals surface area contributed by atoms with Gasteiger partial charge in [0.2, 0.25) is 0 Å². The predicted octanol–water partition coefficient (Wildman–Crippen LogP) is 4.79. The smallest absolute Gasteiger partial charge is 0.302 e. The summed E-state index contributed by atoms with van der Waals surface area (Å²) in [5, 5.41) is 0. The first-order valence-corrected chi connectivity index (χ1v) is 9.78. The molecule has 0 aliphatic heterocycles. The van der Waals surface area contributed by atoms with Crippen molar-refractivity contribution in [3.05, 3.63) is 28.8 Å². The molecule has 3 aliphatic rings. The highest BCUT2D eigenvalue weighted by Crippen LogP contribution is 2.61. The molecule has 0 radical (unpaired) electrons. The van der Waals surface area contributed by atoms with Crippen molar-refractivity contribution in [2.75, 3.05) is 7.11 Å². The average Bonchev–Trinajstić information content (AvgIpc) is 2.90. The Morgan fingerprint density at radius 1 is 1.20 bits per heavy atom. The molecule has 0 spiro atoms. The minimum atomic E-state index is -0.120. The number of carbonyl (C=O) groups excluding carboxylic acids is 1. The SMILES string of the molecule is COc1cc2c(cc1C)[C@H]1CC[C@]3(C)[C@@H](OC(C)=O)CC[C@H]3[C@H]1CC2. The first kappa shape index (κ1) is 16.9. The van der Waals surface area contributed by atoms with Gasteiger partial charge in [-0.25, -0.2) is 0 Å². The number of carbonyl (C=O) groups is 1. The monoisotopic (exact) mass is 342 g/mol. The molecule has 2 saturated carbocycles. The standard InChI is InChI=1S/C22H30O3/c1-13-11-18-15(12-20(13)24-4)5-6-17-16(18)9-10-22(3)19(17)7-8-21(22)25-14(2)23/h11-12,16-17,19,21H,5-10H2,1-4H3/t16-,17-,19-,21-,22-/m0/s1. The molecule has 3 aliphatic carbocycles. The lowest BCUT2D eigenvalue weighted by Crippen LogP contribution is -2.45. The minimum Gasteiger partial charge on any atom is -0.496 e. The van der Waals surface area contributed by atoms with E-state index in [9.17, 15) is 4.79 Å². The summed E-state index contributed by atoms with van der Waals surface area (Å²) in [5.41, 5.74) is 4.47. The molecule has 5 atom stereocenters. The Labute approximate surface area is 151 Å². The predicted molar refractivity (Wildman–Crippen MR) is 97.9 cm³/mol. The summed E-state index contributed by atoms with van der Waals surface area (Å²) in [4.78, 5) is 11.5. The fraction of sp³-hybridized carbons (Fsp3) is 0.682. The zero-order valence-corrected chi connectivity index (χ0v) is 15.9. The highest BCUT2D eigenvalue weighted by Gasteiger charge is 2.56. The third kappa shape index (κ3) is 2.58. The number of methoxy groups -OCH3 is 1. The van der Waals surface area contributed by atoms with Gasteiger partial charge in [-0.1, -0.05) is 13.0 Å². The van der Waals surface area contributed by atoms with Crippen LogP contribution >= 0.6 is 0 Å². The Balaban J connectivity index is 1.64. The van der Waals surface area contributed by atoms with Crippen LogP contribution in [0.3, 0.4) is 0 Å². The molecular weight excluding hydrogens is 312 g/mol. The van der Waals surface area contributed by atoms with Gasteiger partial charge in [0.25, 0.3) is 0 Å². The Morgan fingerprint density at radius 2 is 2.00 bits per heavy atom. The van der Waals surface area contributed by atoms with Crippen LogP contribution in [0.1, 0.15) is 68.6 Å². The summed E-state index contributed by atoms with van der Waals surface area (Å²) in [5.74, 6) is 2.99. The number of esters is 1. The van der Waals surface area contributed by atoms with E-state index in [1.54, 1.807) is 19.6 Å². The van der Waals surface area contributed by atoms with Crippen LogP contribution in [0.25, 0.3) is 0 Å². The van der Waals surface area contributed by atoms with Crippen LogP contribution in [0.5, 0.6) is 5.75 Å². The molecule has 0 amide bonds. The fourth-order valence-corrected chi connectivity index (χ4v) is 6.28. The van der Waals surface area contributed by atoms with Crippen molar-refractivity contribution in [3.8, 4) is 5.75 Å². The number of hydrogen-bond acceptors (Lipinski definition) is 3. The van der Waals surface area contributed by atoms with E-state index in [1.165, 1.54) is 36.8 Å². The zero-order chi connectivity index (χ0) is 17.8. The molecule has 1 aromatic rings. The number of rotatable bonds is 2. The zero-order valence-electron chi connectivity index (χ0n) is 15.9. The van der Waals surface area contributed by atoms with E-state index in [1.807, 2.05) is 0 Å². The van der Waals surface area contributed by atoms with E-state index in [0.717, 1.165) is 24.5 Å². The third-order valence-electron chi connectivity index (χ3n) is 7.46. The third-order valence-corrected chi connectivity index (χ3v) is 7.46. The summed E-state index contributed by atoms with van der Waals surface area (Å²) in [6.45, 7) is 6.08. The van der Waals surface area contributed by atoms with Crippen LogP contribution in [0, 0.1) is 24.2 Å². The van der Waals surface area contributed by atoms with Crippen LogP contribution in [0.15, 0.2) is 12.1 Å². The van der Waals surface area contributed by atoms with Crippen molar-refractivity contribution in [1.29, 1.82) is 0 Å². The van der Waals surface area contributed by atoms with Gasteiger partial charge >= 0.3 is 5.97 Å². The van der Waals surface area contributed by atoms with Gasteiger partial charge in [-0.05, 0) is 86.0 Å². The van der Waals surface area contributed by atoms with Crippen molar-refractivity contribution in [2.45, 2.75) is 71.3 Å². The summed E-state index contributed by atoms with van der Waals surface area (Å²) in [6, 6.07) is 4.65. The fourth-order valence-electron chi connectivity index (χ4n) is 6.28. The lowest BCUT2D eigenvalue weighted by Gasteiger charge is -2.50. The normalized spacial score (nSPS) is 36.2. The van der Waals surface area contributed by atoms with E-state index in [2.05, 4.69) is 26.0 Å². The molecule has 0 bridgehead atoms. The average molecular weight is 342 g/mol. The molecule has 0 N–H and O–H groups in total. The van der Waals surface area contributed by atoms with Gasteiger partial charge < -0.3 is 9.47 Å². The molecule has 3 heteroatoms. The Bertz CT molecular complexity index is 695. The van der Waals surface area contributed by atoms with Crippen LogP contribution in [0.2, 0.25) is 0 Å². The van der Waals surface area contributed by atoms with Gasteiger partial charge in [-0.2, -0.15) is 0 Å². The molecule has 4 rings (SSSR count). The van der Waals surface area contributed by atoms with Crippen molar-refractivity contribution in [3.63, 3.8) is 0 Å². The Hall–Kier alpha value is -1.51. The molecule has 3 nitrogen and oxygen atoms in total. The lowest BCUT2D eigenvalue weighted by molar-refractivity contribution is -0.154.